The fraction of sp³-hybridized carbons (Fsp3) is 0.111. The molecule has 0 unspecified atom stereocenters. The van der Waals surface area contributed by atoms with Crippen molar-refractivity contribution in [3.63, 3.8) is 0 Å². The van der Waals surface area contributed by atoms with Crippen LogP contribution in [0.3, 0.4) is 0 Å². The van der Waals surface area contributed by atoms with E-state index in [0.717, 1.165) is 12.1 Å². The van der Waals surface area contributed by atoms with Gasteiger partial charge >= 0.3 is 19.7 Å². The van der Waals surface area contributed by atoms with Crippen LogP contribution in [-0.4, -0.2) is 22.4 Å². The number of halogens is 6. The van der Waals surface area contributed by atoms with Crippen molar-refractivity contribution >= 4 is 7.32 Å². The molecule has 10 heteroatoms. The van der Waals surface area contributed by atoms with Gasteiger partial charge in [-0.25, -0.2) is 0 Å². The third-order valence-electron chi connectivity index (χ3n) is 5.64. The smallest absolute Gasteiger partial charge is 0.402 e. The molecule has 0 aliphatic carbocycles. The van der Waals surface area contributed by atoms with Crippen molar-refractivity contribution in [1.82, 2.24) is 0 Å². The second-order valence-corrected chi connectivity index (χ2v) is 7.99. The van der Waals surface area contributed by atoms with E-state index in [0.29, 0.717) is 16.7 Å². The zero-order valence-electron chi connectivity index (χ0n) is 19.1. The average molecular weight is 518 g/mol. The van der Waals surface area contributed by atoms with E-state index in [4.69, 9.17) is 15.1 Å². The van der Waals surface area contributed by atoms with Crippen LogP contribution in [-0.2, 0) is 17.8 Å². The molecular weight excluding hydrogens is 497 g/mol. The van der Waals surface area contributed by atoms with Crippen LogP contribution in [0.5, 0.6) is 0 Å². The highest BCUT2D eigenvalue weighted by Crippen LogP contribution is 2.48. The van der Waals surface area contributed by atoms with E-state index in [1.54, 1.807) is 91.0 Å². The summed E-state index contributed by atoms with van der Waals surface area (Å²) in [5, 5.41) is 21.5. The van der Waals surface area contributed by atoms with E-state index in [9.17, 15) is 26.3 Å². The summed E-state index contributed by atoms with van der Waals surface area (Å²) < 4.78 is 82.6. The maximum absolute atomic E-state index is 13.8. The van der Waals surface area contributed by atoms with Crippen molar-refractivity contribution in [2.75, 3.05) is 0 Å². The van der Waals surface area contributed by atoms with Gasteiger partial charge in [0.1, 0.15) is 0 Å². The summed E-state index contributed by atoms with van der Waals surface area (Å²) in [7, 11) is -2.17. The summed E-state index contributed by atoms with van der Waals surface area (Å²) in [5.74, 6) is 0. The first-order valence-electron chi connectivity index (χ1n) is 10.9. The summed E-state index contributed by atoms with van der Waals surface area (Å²) in [6.07, 6.45) is -9.91. The van der Waals surface area contributed by atoms with Crippen LogP contribution in [0.1, 0.15) is 33.4 Å². The van der Waals surface area contributed by atoms with Crippen LogP contribution in [0.25, 0.3) is 0 Å². The molecule has 0 fully saturated rings. The fourth-order valence-corrected chi connectivity index (χ4v) is 4.24. The zero-order valence-corrected chi connectivity index (χ0v) is 19.1. The van der Waals surface area contributed by atoms with Crippen LogP contribution >= 0.6 is 0 Å². The maximum Gasteiger partial charge on any atom is 0.631 e. The Kier molecular flexibility index (Phi) is 8.48. The Bertz CT molecular complexity index is 1150. The van der Waals surface area contributed by atoms with Crippen molar-refractivity contribution in [1.29, 1.82) is 0 Å². The van der Waals surface area contributed by atoms with E-state index in [2.05, 4.69) is 0 Å². The lowest BCUT2D eigenvalue weighted by Gasteiger charge is -2.37. The minimum atomic E-state index is -4.95. The van der Waals surface area contributed by atoms with Crippen molar-refractivity contribution in [3.8, 4) is 0 Å². The number of rotatable bonds is 4. The quantitative estimate of drug-likeness (QED) is 0.175. The molecule has 0 aliphatic rings. The minimum Gasteiger partial charge on any atom is -0.402 e. The molecule has 3 nitrogen and oxygen atoms in total. The molecule has 0 saturated heterocycles. The third kappa shape index (κ3) is 6.40. The highest BCUT2D eigenvalue weighted by atomic mass is 19.4. The van der Waals surface area contributed by atoms with Gasteiger partial charge in [-0.1, -0.05) is 91.0 Å². The molecule has 192 valence electrons. The Morgan fingerprint density at radius 3 is 0.892 bits per heavy atom. The Balaban J connectivity index is 0.000000886. The lowest BCUT2D eigenvalue weighted by atomic mass is 9.64. The van der Waals surface area contributed by atoms with E-state index < -0.39 is 36.2 Å². The zero-order chi connectivity index (χ0) is 27.3. The molecule has 0 aliphatic heterocycles. The van der Waals surface area contributed by atoms with E-state index in [1.807, 2.05) is 0 Å². The molecule has 4 aromatic carbocycles. The lowest BCUT2D eigenvalue weighted by molar-refractivity contribution is -0.143. The molecule has 37 heavy (non-hydrogen) atoms. The molecular formula is C27H21BF6O3. The van der Waals surface area contributed by atoms with Crippen LogP contribution in [0.2, 0.25) is 0 Å². The SMILES string of the molecule is FC(F)(F)c1cc(C(F)(F)F)cc(C(c2ccccc2)(c2ccccc2)c2ccccc2)c1.OB(O)O. The predicted octanol–water partition coefficient (Wildman–Crippen LogP) is 6.06. The molecule has 4 aromatic rings. The monoisotopic (exact) mass is 518 g/mol. The molecule has 0 heterocycles. The van der Waals surface area contributed by atoms with Gasteiger partial charge in [-0.3, -0.25) is 0 Å². The second kappa shape index (κ2) is 11.2. The highest BCUT2D eigenvalue weighted by molar-refractivity contribution is 6.30. The van der Waals surface area contributed by atoms with Crippen molar-refractivity contribution in [3.05, 3.63) is 143 Å². The summed E-state index contributed by atoms with van der Waals surface area (Å²) >= 11 is 0. The molecule has 0 bridgehead atoms. The summed E-state index contributed by atoms with van der Waals surface area (Å²) in [6.45, 7) is 0. The Hall–Kier alpha value is -3.60. The van der Waals surface area contributed by atoms with Crippen LogP contribution in [0.4, 0.5) is 26.3 Å². The highest BCUT2D eigenvalue weighted by Gasteiger charge is 2.43. The van der Waals surface area contributed by atoms with Gasteiger partial charge in [-0.2, -0.15) is 26.3 Å². The topological polar surface area (TPSA) is 60.7 Å². The first-order chi connectivity index (χ1) is 17.4. The van der Waals surface area contributed by atoms with Crippen LogP contribution in [0, 0.1) is 0 Å². The molecule has 0 saturated carbocycles. The van der Waals surface area contributed by atoms with Crippen molar-refractivity contribution in [2.45, 2.75) is 17.8 Å². The van der Waals surface area contributed by atoms with Crippen molar-refractivity contribution < 1.29 is 41.4 Å². The first kappa shape index (κ1) is 28.0. The van der Waals surface area contributed by atoms with Gasteiger partial charge in [0.2, 0.25) is 0 Å². The molecule has 0 amide bonds. The molecule has 0 atom stereocenters. The van der Waals surface area contributed by atoms with Crippen molar-refractivity contribution in [2.24, 2.45) is 0 Å². The van der Waals surface area contributed by atoms with Gasteiger partial charge in [0.05, 0.1) is 16.5 Å². The maximum atomic E-state index is 13.8. The number of benzene rings is 4. The van der Waals surface area contributed by atoms with E-state index in [-0.39, 0.29) is 11.6 Å². The predicted molar refractivity (Wildman–Crippen MR) is 127 cm³/mol. The largest absolute Gasteiger partial charge is 0.631 e. The number of hydrogen-bond acceptors (Lipinski definition) is 3. The van der Waals surface area contributed by atoms with Crippen LogP contribution < -0.4 is 0 Å². The van der Waals surface area contributed by atoms with Gasteiger partial charge in [0, 0.05) is 0 Å². The van der Waals surface area contributed by atoms with Gasteiger partial charge in [-0.15, -0.1) is 0 Å². The normalized spacial score (nSPS) is 11.9. The molecule has 4 rings (SSSR count). The molecule has 0 aromatic heterocycles. The Morgan fingerprint density at radius 1 is 0.405 bits per heavy atom. The third-order valence-corrected chi connectivity index (χ3v) is 5.64. The average Bonchev–Trinajstić information content (AvgIpc) is 2.85. The summed E-state index contributed by atoms with van der Waals surface area (Å²) in [4.78, 5) is 0. The summed E-state index contributed by atoms with van der Waals surface area (Å²) in [6, 6.07) is 27.6. The van der Waals surface area contributed by atoms with Crippen LogP contribution in [0.15, 0.2) is 109 Å². The Labute approximate surface area is 209 Å². The van der Waals surface area contributed by atoms with Gasteiger partial charge < -0.3 is 15.1 Å². The fourth-order valence-electron chi connectivity index (χ4n) is 4.24. The Morgan fingerprint density at radius 2 is 0.649 bits per heavy atom. The molecule has 0 radical (unpaired) electrons. The minimum absolute atomic E-state index is 0.117. The lowest BCUT2D eigenvalue weighted by Crippen LogP contribution is -2.32. The standard InChI is InChI=1S/C27H18F6.BH3O3/c28-26(29,30)23-16-22(17-24(18-23)27(31,32)33)25(19-10-4-1-5-11-19,20-12-6-2-7-13-20)21-14-8-3-9-15-21;2-1(3)4/h1-18H;2-4H. The van der Waals surface area contributed by atoms with Gasteiger partial charge in [0.15, 0.2) is 0 Å². The van der Waals surface area contributed by atoms with E-state index in [1.165, 1.54) is 0 Å². The van der Waals surface area contributed by atoms with Gasteiger partial charge in [-0.05, 0) is 40.5 Å². The van der Waals surface area contributed by atoms with Gasteiger partial charge in [0.25, 0.3) is 0 Å². The summed E-state index contributed by atoms with van der Waals surface area (Å²) in [5.41, 5.74) is -2.57. The molecule has 3 N–H and O–H groups in total. The molecule has 0 spiro atoms. The number of hydrogen-bond donors (Lipinski definition) is 3. The second-order valence-electron chi connectivity index (χ2n) is 7.99. The number of alkyl halides is 6. The first-order valence-corrected chi connectivity index (χ1v) is 10.9. The van der Waals surface area contributed by atoms with E-state index >= 15 is 0 Å².